The van der Waals surface area contributed by atoms with Gasteiger partial charge in [0, 0.05) is 16.4 Å². The molecule has 0 bridgehead atoms. The van der Waals surface area contributed by atoms with Crippen molar-refractivity contribution < 1.29 is 9.53 Å². The molecule has 0 saturated carbocycles. The predicted molar refractivity (Wildman–Crippen MR) is 104 cm³/mol. The smallest absolute Gasteiger partial charge is 0.337 e. The quantitative estimate of drug-likeness (QED) is 0.645. The molecular weight excluding hydrogens is 356 g/mol. The molecule has 1 N–H and O–H groups in total. The van der Waals surface area contributed by atoms with Gasteiger partial charge in [0.1, 0.15) is 0 Å². The highest BCUT2D eigenvalue weighted by atomic mass is 35.5. The zero-order valence-corrected chi connectivity index (χ0v) is 15.4. The number of halogens is 1. The van der Waals surface area contributed by atoms with E-state index in [-0.39, 0.29) is 12.0 Å². The second kappa shape index (κ2) is 7.25. The van der Waals surface area contributed by atoms with Crippen LogP contribution >= 0.6 is 23.8 Å². The first-order valence-corrected chi connectivity index (χ1v) is 8.51. The Labute approximate surface area is 157 Å². The number of nitrogens with zero attached hydrogens (tertiary/aromatic N) is 1. The van der Waals surface area contributed by atoms with Crippen molar-refractivity contribution in [3.8, 4) is 0 Å². The van der Waals surface area contributed by atoms with Crippen LogP contribution in [0.3, 0.4) is 0 Å². The Balaban J connectivity index is 2.12. The fourth-order valence-corrected chi connectivity index (χ4v) is 3.40. The van der Waals surface area contributed by atoms with Crippen molar-refractivity contribution in [1.29, 1.82) is 0 Å². The van der Waals surface area contributed by atoms with E-state index in [9.17, 15) is 4.79 Å². The molecule has 1 aliphatic heterocycles. The number of thiocarbonyl (C=S) groups is 1. The van der Waals surface area contributed by atoms with E-state index >= 15 is 0 Å². The van der Waals surface area contributed by atoms with Gasteiger partial charge in [-0.1, -0.05) is 41.9 Å². The minimum Gasteiger partial charge on any atom is -0.466 e. The molecule has 0 saturated heterocycles. The fourth-order valence-electron chi connectivity index (χ4n) is 2.91. The number of carbonyl (C=O) groups excluding carboxylic acids is 1. The molecule has 4 nitrogen and oxygen atoms in total. The molecule has 0 unspecified atom stereocenters. The number of methoxy groups -OCH3 is 1. The molecule has 1 aliphatic rings. The van der Waals surface area contributed by atoms with Crippen molar-refractivity contribution >= 4 is 40.6 Å². The Kier molecular flexibility index (Phi) is 5.06. The molecule has 0 aromatic heterocycles. The van der Waals surface area contributed by atoms with Crippen LogP contribution in [0.15, 0.2) is 65.9 Å². The molecular formula is C19H17ClN2O2S. The predicted octanol–water partition coefficient (Wildman–Crippen LogP) is 4.22. The van der Waals surface area contributed by atoms with Crippen LogP contribution in [0, 0.1) is 0 Å². The van der Waals surface area contributed by atoms with Gasteiger partial charge in [0.05, 0.1) is 18.7 Å². The number of benzene rings is 2. The van der Waals surface area contributed by atoms with Gasteiger partial charge in [-0.25, -0.2) is 4.79 Å². The molecule has 0 spiro atoms. The molecule has 2 aromatic rings. The van der Waals surface area contributed by atoms with Gasteiger partial charge in [-0.05, 0) is 49.0 Å². The third-order valence-electron chi connectivity index (χ3n) is 4.11. The number of allylic oxidation sites excluding steroid dienone is 1. The van der Waals surface area contributed by atoms with Gasteiger partial charge < -0.3 is 10.1 Å². The van der Waals surface area contributed by atoms with E-state index in [1.165, 1.54) is 7.11 Å². The van der Waals surface area contributed by atoms with Crippen molar-refractivity contribution in [2.75, 3.05) is 12.0 Å². The van der Waals surface area contributed by atoms with Gasteiger partial charge in [-0.15, -0.1) is 0 Å². The summed E-state index contributed by atoms with van der Waals surface area (Å²) in [6, 6.07) is 16.6. The Morgan fingerprint density at radius 3 is 2.40 bits per heavy atom. The standard InChI is InChI=1S/C19H17ClN2O2S/c1-12-16(18(23)24-2)17(13-6-4-3-5-7-13)21-19(25)22(12)15-10-8-14(20)9-11-15/h3-11,17H,1-2H3,(H,21,25)/t17-/m1/s1. The molecule has 2 aromatic carbocycles. The van der Waals surface area contributed by atoms with Crippen molar-refractivity contribution in [2.45, 2.75) is 13.0 Å². The van der Waals surface area contributed by atoms with Gasteiger partial charge in [-0.2, -0.15) is 0 Å². The number of nitrogens with one attached hydrogen (secondary N) is 1. The zero-order valence-electron chi connectivity index (χ0n) is 13.8. The SMILES string of the molecule is COC(=O)C1=C(C)N(c2ccc(Cl)cc2)C(=S)N[C@@H]1c1ccccc1. The number of esters is 1. The summed E-state index contributed by atoms with van der Waals surface area (Å²) in [5.74, 6) is -0.389. The maximum Gasteiger partial charge on any atom is 0.337 e. The molecule has 0 aliphatic carbocycles. The molecule has 1 heterocycles. The summed E-state index contributed by atoms with van der Waals surface area (Å²) in [5.41, 5.74) is 3.02. The largest absolute Gasteiger partial charge is 0.466 e. The van der Waals surface area contributed by atoms with Gasteiger partial charge in [0.25, 0.3) is 0 Å². The lowest BCUT2D eigenvalue weighted by atomic mass is 9.95. The Morgan fingerprint density at radius 1 is 1.16 bits per heavy atom. The van der Waals surface area contributed by atoms with Crippen LogP contribution in [0.4, 0.5) is 5.69 Å². The Morgan fingerprint density at radius 2 is 1.80 bits per heavy atom. The minimum absolute atomic E-state index is 0.357. The lowest BCUT2D eigenvalue weighted by Gasteiger charge is -2.37. The summed E-state index contributed by atoms with van der Waals surface area (Å²) < 4.78 is 5.02. The topological polar surface area (TPSA) is 41.6 Å². The summed E-state index contributed by atoms with van der Waals surface area (Å²) in [6.07, 6.45) is 0. The molecule has 0 fully saturated rings. The van der Waals surface area contributed by atoms with E-state index in [0.717, 1.165) is 16.9 Å². The van der Waals surface area contributed by atoms with Crippen molar-refractivity contribution in [3.05, 3.63) is 76.5 Å². The van der Waals surface area contributed by atoms with Gasteiger partial charge in [0.15, 0.2) is 5.11 Å². The van der Waals surface area contributed by atoms with Crippen LogP contribution in [0.25, 0.3) is 0 Å². The fraction of sp³-hybridized carbons (Fsp3) is 0.158. The highest BCUT2D eigenvalue weighted by Crippen LogP contribution is 2.34. The Bertz CT molecular complexity index is 834. The minimum atomic E-state index is -0.389. The van der Waals surface area contributed by atoms with Crippen LogP contribution in [0.1, 0.15) is 18.5 Å². The number of carbonyl (C=O) groups is 1. The first-order chi connectivity index (χ1) is 12.0. The number of hydrogen-bond donors (Lipinski definition) is 1. The summed E-state index contributed by atoms with van der Waals surface area (Å²) in [5, 5.41) is 4.41. The average molecular weight is 373 g/mol. The molecule has 1 atom stereocenters. The zero-order chi connectivity index (χ0) is 18.0. The van der Waals surface area contributed by atoms with E-state index in [0.29, 0.717) is 15.7 Å². The molecule has 128 valence electrons. The van der Waals surface area contributed by atoms with Crippen LogP contribution < -0.4 is 10.2 Å². The van der Waals surface area contributed by atoms with Gasteiger partial charge in [-0.3, -0.25) is 4.90 Å². The molecule has 25 heavy (non-hydrogen) atoms. The van der Waals surface area contributed by atoms with E-state index in [1.807, 2.05) is 54.3 Å². The first-order valence-electron chi connectivity index (χ1n) is 7.73. The maximum absolute atomic E-state index is 12.5. The normalized spacial score (nSPS) is 17.3. The lowest BCUT2D eigenvalue weighted by molar-refractivity contribution is -0.136. The maximum atomic E-state index is 12.5. The monoisotopic (exact) mass is 372 g/mol. The summed E-state index contributed by atoms with van der Waals surface area (Å²) in [6.45, 7) is 1.87. The second-order valence-electron chi connectivity index (χ2n) is 5.60. The molecule has 0 radical (unpaired) electrons. The van der Waals surface area contributed by atoms with Crippen LogP contribution in [-0.2, 0) is 9.53 Å². The molecule has 0 amide bonds. The highest BCUT2D eigenvalue weighted by Gasteiger charge is 2.35. The van der Waals surface area contributed by atoms with E-state index < -0.39 is 0 Å². The van der Waals surface area contributed by atoms with Crippen LogP contribution in [0.5, 0.6) is 0 Å². The van der Waals surface area contributed by atoms with E-state index in [2.05, 4.69) is 5.32 Å². The number of rotatable bonds is 3. The van der Waals surface area contributed by atoms with Crippen LogP contribution in [-0.4, -0.2) is 18.2 Å². The van der Waals surface area contributed by atoms with Crippen molar-refractivity contribution in [2.24, 2.45) is 0 Å². The summed E-state index contributed by atoms with van der Waals surface area (Å²) in [4.78, 5) is 14.3. The first kappa shape index (κ1) is 17.5. The Hall–Kier alpha value is -2.37. The molecule has 3 rings (SSSR count). The van der Waals surface area contributed by atoms with Gasteiger partial charge >= 0.3 is 5.97 Å². The third-order valence-corrected chi connectivity index (χ3v) is 4.66. The highest BCUT2D eigenvalue weighted by molar-refractivity contribution is 7.80. The lowest BCUT2D eigenvalue weighted by Crippen LogP contribution is -2.48. The number of anilines is 1. The van der Waals surface area contributed by atoms with E-state index in [4.69, 9.17) is 28.6 Å². The van der Waals surface area contributed by atoms with Crippen LogP contribution in [0.2, 0.25) is 5.02 Å². The van der Waals surface area contributed by atoms with Crippen molar-refractivity contribution in [1.82, 2.24) is 5.32 Å². The second-order valence-corrected chi connectivity index (χ2v) is 6.42. The molecule has 6 heteroatoms. The summed E-state index contributed by atoms with van der Waals surface area (Å²) >= 11 is 11.5. The summed E-state index contributed by atoms with van der Waals surface area (Å²) in [7, 11) is 1.38. The number of hydrogen-bond acceptors (Lipinski definition) is 3. The van der Waals surface area contributed by atoms with Gasteiger partial charge in [0.2, 0.25) is 0 Å². The number of ether oxygens (including phenoxy) is 1. The van der Waals surface area contributed by atoms with Crippen molar-refractivity contribution in [3.63, 3.8) is 0 Å². The third kappa shape index (κ3) is 3.38. The van der Waals surface area contributed by atoms with E-state index in [1.54, 1.807) is 12.1 Å². The average Bonchev–Trinajstić information content (AvgIpc) is 2.63.